The molecule has 22 heavy (non-hydrogen) atoms. The molecule has 116 valence electrons. The summed E-state index contributed by atoms with van der Waals surface area (Å²) in [4.78, 5) is 12.8. The molecule has 2 rings (SSSR count). The number of carbonyl (C=O) groups excluding carboxylic acids is 1. The van der Waals surface area contributed by atoms with E-state index in [0.29, 0.717) is 18.2 Å². The Morgan fingerprint density at radius 3 is 2.68 bits per heavy atom. The second kappa shape index (κ2) is 8.71. The molecule has 2 aromatic rings. The second-order valence-electron chi connectivity index (χ2n) is 4.65. The van der Waals surface area contributed by atoms with Gasteiger partial charge in [0.1, 0.15) is 6.61 Å². The van der Waals surface area contributed by atoms with Crippen LogP contribution in [0.25, 0.3) is 0 Å². The Morgan fingerprint density at radius 2 is 1.95 bits per heavy atom. The van der Waals surface area contributed by atoms with Gasteiger partial charge in [0.2, 0.25) is 0 Å². The number of alkyl halides is 1. The van der Waals surface area contributed by atoms with Gasteiger partial charge in [-0.2, -0.15) is 0 Å². The molecule has 0 bridgehead atoms. The van der Waals surface area contributed by atoms with Crippen LogP contribution < -0.4 is 5.32 Å². The lowest BCUT2D eigenvalue weighted by atomic mass is 10.1. The van der Waals surface area contributed by atoms with E-state index in [4.69, 9.17) is 16.3 Å². The highest BCUT2D eigenvalue weighted by Gasteiger charge is 2.05. The number of halogens is 1. The number of anilines is 1. The van der Waals surface area contributed by atoms with Crippen LogP contribution in [0.4, 0.5) is 10.5 Å². The van der Waals surface area contributed by atoms with Crippen LogP contribution in [0.1, 0.15) is 11.1 Å². The van der Waals surface area contributed by atoms with Crippen LogP contribution in [-0.2, 0) is 10.6 Å². The van der Waals surface area contributed by atoms with Gasteiger partial charge in [0, 0.05) is 22.2 Å². The lowest BCUT2D eigenvalue weighted by Gasteiger charge is -2.10. The Hall–Kier alpha value is -1.65. The fourth-order valence-electron chi connectivity index (χ4n) is 1.92. The summed E-state index contributed by atoms with van der Waals surface area (Å²) in [7, 11) is 0. The SMILES string of the molecule is Cc1c(CCl)cccc1SCCOC(=O)Nc1ccccc1. The third-order valence-electron chi connectivity index (χ3n) is 3.13. The molecular formula is C17H18ClNO2S. The average molecular weight is 336 g/mol. The molecule has 1 amide bonds. The highest BCUT2D eigenvalue weighted by Crippen LogP contribution is 2.25. The highest BCUT2D eigenvalue weighted by atomic mass is 35.5. The van der Waals surface area contributed by atoms with Crippen molar-refractivity contribution in [3.8, 4) is 0 Å². The Bertz CT molecular complexity index is 619. The zero-order valence-corrected chi connectivity index (χ0v) is 13.9. The number of ether oxygens (including phenoxy) is 1. The molecule has 0 saturated carbocycles. The van der Waals surface area contributed by atoms with Gasteiger partial charge >= 0.3 is 6.09 Å². The topological polar surface area (TPSA) is 38.3 Å². The van der Waals surface area contributed by atoms with Crippen LogP contribution in [0.2, 0.25) is 0 Å². The number of para-hydroxylation sites is 1. The maximum absolute atomic E-state index is 11.6. The van der Waals surface area contributed by atoms with Crippen LogP contribution in [0, 0.1) is 6.92 Å². The van der Waals surface area contributed by atoms with Crippen molar-refractivity contribution in [1.29, 1.82) is 0 Å². The summed E-state index contributed by atoms with van der Waals surface area (Å²) in [6.45, 7) is 2.41. The molecule has 0 radical (unpaired) electrons. The fourth-order valence-corrected chi connectivity index (χ4v) is 3.12. The molecular weight excluding hydrogens is 318 g/mol. The fraction of sp³-hybridized carbons (Fsp3) is 0.235. The summed E-state index contributed by atoms with van der Waals surface area (Å²) in [5.41, 5.74) is 3.05. The zero-order valence-electron chi connectivity index (χ0n) is 12.3. The molecule has 0 spiro atoms. The molecule has 0 aliphatic carbocycles. The van der Waals surface area contributed by atoms with Crippen molar-refractivity contribution in [2.45, 2.75) is 17.7 Å². The molecule has 0 fully saturated rings. The maximum atomic E-state index is 11.6. The molecule has 0 saturated heterocycles. The van der Waals surface area contributed by atoms with E-state index in [1.165, 1.54) is 10.5 Å². The third-order valence-corrected chi connectivity index (χ3v) is 4.55. The van der Waals surface area contributed by atoms with E-state index in [-0.39, 0.29) is 0 Å². The summed E-state index contributed by atoms with van der Waals surface area (Å²) in [5, 5.41) is 2.68. The smallest absolute Gasteiger partial charge is 0.411 e. The molecule has 0 aliphatic heterocycles. The van der Waals surface area contributed by atoms with Crippen molar-refractivity contribution in [2.24, 2.45) is 0 Å². The van der Waals surface area contributed by atoms with Gasteiger partial charge in [0.15, 0.2) is 0 Å². The lowest BCUT2D eigenvalue weighted by Crippen LogP contribution is -2.15. The number of nitrogens with one attached hydrogen (secondary N) is 1. The van der Waals surface area contributed by atoms with Gasteiger partial charge in [-0.3, -0.25) is 5.32 Å². The normalized spacial score (nSPS) is 10.3. The van der Waals surface area contributed by atoms with Crippen molar-refractivity contribution in [1.82, 2.24) is 0 Å². The Kier molecular flexibility index (Phi) is 6.62. The molecule has 5 heteroatoms. The Labute approximate surface area is 140 Å². The monoisotopic (exact) mass is 335 g/mol. The van der Waals surface area contributed by atoms with Crippen molar-refractivity contribution < 1.29 is 9.53 Å². The van der Waals surface area contributed by atoms with Crippen LogP contribution in [0.15, 0.2) is 53.4 Å². The number of hydrogen-bond acceptors (Lipinski definition) is 3. The lowest BCUT2D eigenvalue weighted by molar-refractivity contribution is 0.169. The molecule has 0 aliphatic rings. The van der Waals surface area contributed by atoms with Crippen molar-refractivity contribution in [3.05, 3.63) is 59.7 Å². The molecule has 0 unspecified atom stereocenters. The van der Waals surface area contributed by atoms with Crippen LogP contribution in [0.3, 0.4) is 0 Å². The van der Waals surface area contributed by atoms with E-state index in [1.807, 2.05) is 42.5 Å². The first-order chi connectivity index (χ1) is 10.7. The summed E-state index contributed by atoms with van der Waals surface area (Å²) in [6, 6.07) is 15.3. The number of thioether (sulfide) groups is 1. The van der Waals surface area contributed by atoms with Crippen molar-refractivity contribution >= 4 is 35.1 Å². The summed E-state index contributed by atoms with van der Waals surface area (Å²) in [6.07, 6.45) is -0.432. The first-order valence-electron chi connectivity index (χ1n) is 6.97. The van der Waals surface area contributed by atoms with Crippen LogP contribution in [-0.4, -0.2) is 18.5 Å². The van der Waals surface area contributed by atoms with Crippen LogP contribution >= 0.6 is 23.4 Å². The van der Waals surface area contributed by atoms with Gasteiger partial charge in [0.25, 0.3) is 0 Å². The Balaban J connectivity index is 1.74. The average Bonchev–Trinajstić information content (AvgIpc) is 2.54. The van der Waals surface area contributed by atoms with E-state index in [0.717, 1.165) is 11.3 Å². The first-order valence-corrected chi connectivity index (χ1v) is 8.49. The summed E-state index contributed by atoms with van der Waals surface area (Å²) < 4.78 is 5.17. The van der Waals surface area contributed by atoms with E-state index >= 15 is 0 Å². The number of benzene rings is 2. The molecule has 0 atom stereocenters. The van der Waals surface area contributed by atoms with Gasteiger partial charge < -0.3 is 4.74 Å². The predicted molar refractivity (Wildman–Crippen MR) is 92.9 cm³/mol. The maximum Gasteiger partial charge on any atom is 0.411 e. The van der Waals surface area contributed by atoms with Crippen LogP contribution in [0.5, 0.6) is 0 Å². The minimum absolute atomic E-state index is 0.355. The third kappa shape index (κ3) is 4.97. The quantitative estimate of drug-likeness (QED) is 0.455. The van der Waals surface area contributed by atoms with Gasteiger partial charge in [-0.25, -0.2) is 4.79 Å². The summed E-state index contributed by atoms with van der Waals surface area (Å²) in [5.74, 6) is 1.21. The van der Waals surface area contributed by atoms with Gasteiger partial charge in [0.05, 0.1) is 0 Å². The van der Waals surface area contributed by atoms with Crippen molar-refractivity contribution in [2.75, 3.05) is 17.7 Å². The standard InChI is InChI=1S/C17H18ClNO2S/c1-13-14(12-18)6-5-9-16(13)22-11-10-21-17(20)19-15-7-3-2-4-8-15/h2-9H,10-12H2,1H3,(H,19,20). The number of amides is 1. The molecule has 3 nitrogen and oxygen atoms in total. The van der Waals surface area contributed by atoms with Crippen molar-refractivity contribution in [3.63, 3.8) is 0 Å². The molecule has 0 heterocycles. The Morgan fingerprint density at radius 1 is 1.18 bits per heavy atom. The molecule has 2 aromatic carbocycles. The predicted octanol–water partition coefficient (Wildman–Crippen LogP) is 5.07. The molecule has 0 aromatic heterocycles. The van der Waals surface area contributed by atoms with Gasteiger partial charge in [-0.1, -0.05) is 30.3 Å². The minimum Gasteiger partial charge on any atom is -0.448 e. The van der Waals surface area contributed by atoms with E-state index in [2.05, 4.69) is 18.3 Å². The first kappa shape index (κ1) is 16.7. The summed E-state index contributed by atoms with van der Waals surface area (Å²) >= 11 is 7.56. The van der Waals surface area contributed by atoms with E-state index < -0.39 is 6.09 Å². The number of rotatable bonds is 6. The van der Waals surface area contributed by atoms with E-state index in [1.54, 1.807) is 11.8 Å². The second-order valence-corrected chi connectivity index (χ2v) is 6.05. The highest BCUT2D eigenvalue weighted by molar-refractivity contribution is 7.99. The van der Waals surface area contributed by atoms with Gasteiger partial charge in [-0.05, 0) is 36.2 Å². The number of carbonyl (C=O) groups is 1. The van der Waals surface area contributed by atoms with E-state index in [9.17, 15) is 4.79 Å². The minimum atomic E-state index is -0.432. The zero-order chi connectivity index (χ0) is 15.8. The molecule has 1 N–H and O–H groups in total. The largest absolute Gasteiger partial charge is 0.448 e. The van der Waals surface area contributed by atoms with Gasteiger partial charge in [-0.15, -0.1) is 23.4 Å². The number of hydrogen-bond donors (Lipinski definition) is 1.